The summed E-state index contributed by atoms with van der Waals surface area (Å²) in [6.07, 6.45) is 0.149. The molecule has 0 bridgehead atoms. The van der Waals surface area contributed by atoms with Crippen LogP contribution in [0.3, 0.4) is 0 Å². The highest BCUT2D eigenvalue weighted by atomic mass is 16.6. The minimum absolute atomic E-state index is 0.0677. The molecule has 1 aliphatic rings. The van der Waals surface area contributed by atoms with Gasteiger partial charge in [0.1, 0.15) is 6.61 Å². The number of esters is 1. The van der Waals surface area contributed by atoms with Gasteiger partial charge >= 0.3 is 12.1 Å². The Labute approximate surface area is 82.8 Å². The van der Waals surface area contributed by atoms with Crippen molar-refractivity contribution < 1.29 is 19.1 Å². The van der Waals surface area contributed by atoms with Gasteiger partial charge in [0, 0.05) is 0 Å². The van der Waals surface area contributed by atoms with E-state index in [0.29, 0.717) is 19.6 Å². The molecule has 0 spiro atoms. The molecule has 1 N–H and O–H groups in total. The summed E-state index contributed by atoms with van der Waals surface area (Å²) in [5, 5.41) is 2.61. The highest BCUT2D eigenvalue weighted by Crippen LogP contribution is 2.11. The van der Waals surface area contributed by atoms with E-state index in [-0.39, 0.29) is 17.9 Å². The second-order valence-electron chi connectivity index (χ2n) is 3.33. The molecule has 1 rings (SSSR count). The second-order valence-corrected chi connectivity index (χ2v) is 3.33. The Hall–Kier alpha value is -1.26. The van der Waals surface area contributed by atoms with Gasteiger partial charge in [-0.25, -0.2) is 4.79 Å². The lowest BCUT2D eigenvalue weighted by molar-refractivity contribution is -0.147. The van der Waals surface area contributed by atoms with Gasteiger partial charge in [-0.05, 0) is 13.3 Å². The second kappa shape index (κ2) is 4.83. The number of ether oxygens (including phenoxy) is 2. The Kier molecular flexibility index (Phi) is 3.73. The lowest BCUT2D eigenvalue weighted by atomic mass is 10.0. The molecule has 0 aromatic heterocycles. The van der Waals surface area contributed by atoms with Crippen LogP contribution in [0.1, 0.15) is 20.3 Å². The van der Waals surface area contributed by atoms with Crippen molar-refractivity contribution in [3.05, 3.63) is 0 Å². The monoisotopic (exact) mass is 201 g/mol. The fraction of sp³-hybridized carbons (Fsp3) is 0.778. The summed E-state index contributed by atoms with van der Waals surface area (Å²) in [5.74, 6) is -0.435. The van der Waals surface area contributed by atoms with Crippen molar-refractivity contribution in [3.8, 4) is 0 Å². The van der Waals surface area contributed by atoms with Crippen LogP contribution in [0.5, 0.6) is 0 Å². The van der Waals surface area contributed by atoms with Crippen LogP contribution >= 0.6 is 0 Å². The van der Waals surface area contributed by atoms with E-state index < -0.39 is 6.09 Å². The van der Waals surface area contributed by atoms with Crippen LogP contribution in [0.4, 0.5) is 4.79 Å². The van der Waals surface area contributed by atoms with Crippen LogP contribution in [0, 0.1) is 5.92 Å². The maximum atomic E-state index is 11.2. The Morgan fingerprint density at radius 3 is 3.00 bits per heavy atom. The summed E-state index contributed by atoms with van der Waals surface area (Å²) in [5.41, 5.74) is 0. The van der Waals surface area contributed by atoms with Gasteiger partial charge in [-0.2, -0.15) is 0 Å². The molecule has 0 unspecified atom stereocenters. The smallest absolute Gasteiger partial charge is 0.407 e. The number of cyclic esters (lactones) is 1. The fourth-order valence-electron chi connectivity index (χ4n) is 1.36. The number of alkyl carbamates (subject to hydrolysis) is 1. The Bertz CT molecular complexity index is 229. The normalized spacial score (nSPS) is 22.4. The maximum absolute atomic E-state index is 11.2. The quantitative estimate of drug-likeness (QED) is 0.679. The highest BCUT2D eigenvalue weighted by Gasteiger charge is 2.26. The largest absolute Gasteiger partial charge is 0.466 e. The van der Waals surface area contributed by atoms with Gasteiger partial charge in [0.15, 0.2) is 0 Å². The Balaban J connectivity index is 2.29. The summed E-state index contributed by atoms with van der Waals surface area (Å²) in [4.78, 5) is 21.9. The lowest BCUT2D eigenvalue weighted by Gasteiger charge is -2.13. The SMILES string of the molecule is CCOC(=O)[C@H](C)C[C@@H]1COC(=O)N1. The predicted molar refractivity (Wildman–Crippen MR) is 48.7 cm³/mol. The fourth-order valence-corrected chi connectivity index (χ4v) is 1.36. The first-order valence-electron chi connectivity index (χ1n) is 4.73. The summed E-state index contributed by atoms with van der Waals surface area (Å²) < 4.78 is 9.55. The first-order chi connectivity index (χ1) is 6.63. The molecule has 0 aromatic carbocycles. The molecule has 14 heavy (non-hydrogen) atoms. The Morgan fingerprint density at radius 2 is 2.50 bits per heavy atom. The first-order valence-corrected chi connectivity index (χ1v) is 4.73. The molecule has 0 radical (unpaired) electrons. The zero-order chi connectivity index (χ0) is 10.6. The third-order valence-corrected chi connectivity index (χ3v) is 2.06. The van der Waals surface area contributed by atoms with Crippen molar-refractivity contribution in [2.45, 2.75) is 26.3 Å². The molecule has 0 aliphatic carbocycles. The van der Waals surface area contributed by atoms with Gasteiger partial charge in [-0.3, -0.25) is 4.79 Å². The van der Waals surface area contributed by atoms with Crippen molar-refractivity contribution in [2.75, 3.05) is 13.2 Å². The summed E-state index contributed by atoms with van der Waals surface area (Å²) in [6.45, 7) is 4.27. The average molecular weight is 201 g/mol. The van der Waals surface area contributed by atoms with E-state index in [9.17, 15) is 9.59 Å². The van der Waals surface area contributed by atoms with Gasteiger partial charge in [0.05, 0.1) is 18.6 Å². The molecule has 1 amide bonds. The summed E-state index contributed by atoms with van der Waals surface area (Å²) >= 11 is 0. The minimum atomic E-state index is -0.411. The number of hydrogen-bond donors (Lipinski definition) is 1. The first kappa shape index (κ1) is 10.8. The molecular weight excluding hydrogens is 186 g/mol. The van der Waals surface area contributed by atoms with E-state index in [0.717, 1.165) is 0 Å². The number of hydrogen-bond acceptors (Lipinski definition) is 4. The maximum Gasteiger partial charge on any atom is 0.407 e. The third kappa shape index (κ3) is 2.90. The van der Waals surface area contributed by atoms with Crippen LogP contribution in [-0.2, 0) is 14.3 Å². The van der Waals surface area contributed by atoms with Gasteiger partial charge in [-0.1, -0.05) is 6.92 Å². The van der Waals surface area contributed by atoms with Gasteiger partial charge in [0.2, 0.25) is 0 Å². The van der Waals surface area contributed by atoms with Crippen molar-refractivity contribution in [2.24, 2.45) is 5.92 Å². The predicted octanol–water partition coefficient (Wildman–Crippen LogP) is 0.684. The van der Waals surface area contributed by atoms with Crippen LogP contribution in [0.25, 0.3) is 0 Å². The van der Waals surface area contributed by atoms with Crippen molar-refractivity contribution >= 4 is 12.1 Å². The zero-order valence-electron chi connectivity index (χ0n) is 8.41. The topological polar surface area (TPSA) is 64.6 Å². The molecule has 5 nitrogen and oxygen atoms in total. The van der Waals surface area contributed by atoms with Crippen molar-refractivity contribution in [3.63, 3.8) is 0 Å². The zero-order valence-corrected chi connectivity index (χ0v) is 8.41. The highest BCUT2D eigenvalue weighted by molar-refractivity contribution is 5.73. The lowest BCUT2D eigenvalue weighted by Crippen LogP contribution is -2.30. The van der Waals surface area contributed by atoms with E-state index in [1.165, 1.54) is 0 Å². The molecular formula is C9H15NO4. The molecule has 1 heterocycles. The van der Waals surface area contributed by atoms with E-state index in [2.05, 4.69) is 5.32 Å². The third-order valence-electron chi connectivity index (χ3n) is 2.06. The van der Waals surface area contributed by atoms with Crippen LogP contribution in [0.2, 0.25) is 0 Å². The molecule has 5 heteroatoms. The molecule has 80 valence electrons. The standard InChI is InChI=1S/C9H15NO4/c1-3-13-8(11)6(2)4-7-5-14-9(12)10-7/h6-7H,3-5H2,1-2H3,(H,10,12)/t6-,7-/m1/s1. The molecule has 1 aliphatic heterocycles. The van der Waals surface area contributed by atoms with Gasteiger partial charge < -0.3 is 14.8 Å². The van der Waals surface area contributed by atoms with Crippen LogP contribution < -0.4 is 5.32 Å². The summed E-state index contributed by atoms with van der Waals surface area (Å²) in [6, 6.07) is -0.0677. The molecule has 1 saturated heterocycles. The van der Waals surface area contributed by atoms with Crippen molar-refractivity contribution in [1.29, 1.82) is 0 Å². The van der Waals surface area contributed by atoms with E-state index in [1.807, 2.05) is 0 Å². The minimum Gasteiger partial charge on any atom is -0.466 e. The Morgan fingerprint density at radius 1 is 1.79 bits per heavy atom. The summed E-state index contributed by atoms with van der Waals surface area (Å²) in [7, 11) is 0. The molecule has 1 fully saturated rings. The number of carbonyl (C=O) groups excluding carboxylic acids is 2. The van der Waals surface area contributed by atoms with Gasteiger partial charge in [-0.15, -0.1) is 0 Å². The number of amides is 1. The number of nitrogens with one attached hydrogen (secondary N) is 1. The van der Waals surface area contributed by atoms with E-state index >= 15 is 0 Å². The molecule has 2 atom stereocenters. The average Bonchev–Trinajstić information content (AvgIpc) is 2.51. The van der Waals surface area contributed by atoms with Crippen molar-refractivity contribution in [1.82, 2.24) is 5.32 Å². The van der Waals surface area contributed by atoms with Crippen LogP contribution in [-0.4, -0.2) is 31.3 Å². The van der Waals surface area contributed by atoms with E-state index in [4.69, 9.17) is 9.47 Å². The van der Waals surface area contributed by atoms with Crippen LogP contribution in [0.15, 0.2) is 0 Å². The van der Waals surface area contributed by atoms with E-state index in [1.54, 1.807) is 13.8 Å². The molecule has 0 aromatic rings. The number of rotatable bonds is 4. The van der Waals surface area contributed by atoms with Gasteiger partial charge in [0.25, 0.3) is 0 Å². The number of carbonyl (C=O) groups is 2. The molecule has 0 saturated carbocycles.